The molecule has 0 saturated carbocycles. The van der Waals surface area contributed by atoms with Gasteiger partial charge in [0.2, 0.25) is 0 Å². The summed E-state index contributed by atoms with van der Waals surface area (Å²) in [5, 5.41) is 0. The molecule has 0 aliphatic carbocycles. The number of hydrogen-bond donors (Lipinski definition) is 0. The van der Waals surface area contributed by atoms with Crippen molar-refractivity contribution in [3.8, 4) is 12.8 Å². The molecule has 2 aromatic rings. The zero-order chi connectivity index (χ0) is 22.9. The third-order valence-electron chi connectivity index (χ3n) is 5.79. The van der Waals surface area contributed by atoms with E-state index in [-0.39, 0.29) is 5.41 Å². The molecule has 0 N–H and O–H groups in total. The number of terminal acetylenes is 1. The van der Waals surface area contributed by atoms with E-state index in [1.165, 1.54) is 11.3 Å². The summed E-state index contributed by atoms with van der Waals surface area (Å²) in [7, 11) is 1.99. The van der Waals surface area contributed by atoms with Crippen molar-refractivity contribution < 1.29 is 9.53 Å². The molecule has 1 aliphatic heterocycles. The average molecular weight is 442 g/mol. The molecule has 1 saturated heterocycles. The minimum absolute atomic E-state index is 0.0336. The van der Waals surface area contributed by atoms with Crippen LogP contribution in [0.3, 0.4) is 0 Å². The van der Waals surface area contributed by atoms with Crippen LogP contribution in [0.15, 0.2) is 35.4 Å². The first kappa shape index (κ1) is 25.0. The number of rotatable bonds is 9. The Bertz CT molecular complexity index is 895. The fourth-order valence-corrected chi connectivity index (χ4v) is 4.45. The average Bonchev–Trinajstić information content (AvgIpc) is 3.14. The Morgan fingerprint density at radius 1 is 1.32 bits per heavy atom. The van der Waals surface area contributed by atoms with Crippen LogP contribution in [0.5, 0.6) is 0 Å². The second kappa shape index (κ2) is 12.0. The molecule has 0 bridgehead atoms. The van der Waals surface area contributed by atoms with Crippen LogP contribution >= 0.6 is 11.9 Å². The van der Waals surface area contributed by atoms with Crippen molar-refractivity contribution in [3.63, 3.8) is 0 Å². The van der Waals surface area contributed by atoms with E-state index in [2.05, 4.69) is 56.4 Å². The summed E-state index contributed by atoms with van der Waals surface area (Å²) in [6.07, 6.45) is 16.4. The Morgan fingerprint density at radius 3 is 2.68 bits per heavy atom. The van der Waals surface area contributed by atoms with Gasteiger partial charge in [-0.1, -0.05) is 26.8 Å². The second-order valence-electron chi connectivity index (χ2n) is 8.41. The quantitative estimate of drug-likeness (QED) is 0.294. The monoisotopic (exact) mass is 441 g/mol. The maximum Gasteiger partial charge on any atom is 0.123 e. The normalized spacial score (nSPS) is 15.0. The Balaban J connectivity index is 0.00000166. The lowest BCUT2D eigenvalue weighted by Crippen LogP contribution is -2.26. The molecule has 6 heteroatoms. The second-order valence-corrected chi connectivity index (χ2v) is 9.64. The Labute approximate surface area is 191 Å². The first-order valence-corrected chi connectivity index (χ1v) is 11.6. The Kier molecular flexibility index (Phi) is 9.67. The molecule has 0 spiro atoms. The summed E-state index contributed by atoms with van der Waals surface area (Å²) in [5.41, 5.74) is 2.31. The topological polar surface area (TPSA) is 47.4 Å². The number of nitrogens with zero attached hydrogens (tertiary/aromatic N) is 3. The molecule has 1 aliphatic rings. The summed E-state index contributed by atoms with van der Waals surface area (Å²) in [6, 6.07) is 6.56. The number of carbonyl (C=O) groups is 1. The van der Waals surface area contributed by atoms with Crippen LogP contribution in [-0.4, -0.2) is 40.4 Å². The molecule has 168 valence electrons. The zero-order valence-corrected chi connectivity index (χ0v) is 20.0. The number of benzene rings is 1. The SMILES string of the molecule is C#C.CCC(C)(C)c1nc2cc(SN(C)/C=C\CC=O)ccc2n1CC1CCOCC1. The summed E-state index contributed by atoms with van der Waals surface area (Å²) in [6.45, 7) is 9.56. The summed E-state index contributed by atoms with van der Waals surface area (Å²) in [5.74, 6) is 1.83. The molecule has 0 unspecified atom stereocenters. The minimum Gasteiger partial charge on any atom is -0.381 e. The van der Waals surface area contributed by atoms with Crippen molar-refractivity contribution in [1.82, 2.24) is 13.9 Å². The van der Waals surface area contributed by atoms with Gasteiger partial charge in [-0.15, -0.1) is 12.8 Å². The molecule has 0 amide bonds. The van der Waals surface area contributed by atoms with Crippen LogP contribution in [-0.2, 0) is 21.5 Å². The van der Waals surface area contributed by atoms with Crippen molar-refractivity contribution in [1.29, 1.82) is 0 Å². The van der Waals surface area contributed by atoms with Crippen LogP contribution in [0.4, 0.5) is 0 Å². The lowest BCUT2D eigenvalue weighted by molar-refractivity contribution is -0.107. The maximum atomic E-state index is 10.5. The molecule has 5 nitrogen and oxygen atoms in total. The van der Waals surface area contributed by atoms with Gasteiger partial charge in [-0.2, -0.15) is 0 Å². The van der Waals surface area contributed by atoms with E-state index >= 15 is 0 Å². The fraction of sp³-hybridized carbons (Fsp3) is 0.520. The summed E-state index contributed by atoms with van der Waals surface area (Å²) < 4.78 is 10.0. The number of fused-ring (bicyclic) bond motifs is 1. The van der Waals surface area contributed by atoms with Gasteiger partial charge in [-0.05, 0) is 55.3 Å². The number of hydrogen-bond acceptors (Lipinski definition) is 5. The fourth-order valence-electron chi connectivity index (χ4n) is 3.67. The standard InChI is InChI=1S/C23H33N3O2S.C2H2/c1-5-23(2,3)22-24-20-16-19(29-25(4)12-6-7-13-27)8-9-21(20)26(22)17-18-10-14-28-15-11-18;1-2/h6,8-9,12-13,16,18H,5,7,10-11,14-15,17H2,1-4H3;1-2H/b12-6-;. The summed E-state index contributed by atoms with van der Waals surface area (Å²) >= 11 is 1.64. The van der Waals surface area contributed by atoms with Crippen LogP contribution in [0.25, 0.3) is 11.0 Å². The van der Waals surface area contributed by atoms with Crippen LogP contribution < -0.4 is 0 Å². The molecule has 1 aromatic carbocycles. The number of aromatic nitrogens is 2. The lowest BCUT2D eigenvalue weighted by Gasteiger charge is -2.28. The molecule has 0 atom stereocenters. The van der Waals surface area contributed by atoms with Crippen molar-refractivity contribution in [2.75, 3.05) is 20.3 Å². The van der Waals surface area contributed by atoms with Gasteiger partial charge in [-0.3, -0.25) is 0 Å². The molecular formula is C25H35N3O2S. The van der Waals surface area contributed by atoms with E-state index in [4.69, 9.17) is 9.72 Å². The number of allylic oxidation sites excluding steroid dienone is 1. The third-order valence-corrected chi connectivity index (χ3v) is 6.66. The van der Waals surface area contributed by atoms with Crippen molar-refractivity contribution in [3.05, 3.63) is 36.3 Å². The molecule has 3 rings (SSSR count). The predicted octanol–water partition coefficient (Wildman–Crippen LogP) is 5.44. The van der Waals surface area contributed by atoms with Gasteiger partial charge in [0.05, 0.1) is 11.0 Å². The first-order valence-electron chi connectivity index (χ1n) is 10.9. The smallest absolute Gasteiger partial charge is 0.123 e. The predicted molar refractivity (Wildman–Crippen MR) is 130 cm³/mol. The molecule has 1 aromatic heterocycles. The minimum atomic E-state index is 0.0336. The van der Waals surface area contributed by atoms with Gasteiger partial charge in [-0.25, -0.2) is 4.98 Å². The van der Waals surface area contributed by atoms with E-state index < -0.39 is 0 Å². The van der Waals surface area contributed by atoms with Gasteiger partial charge in [0, 0.05) is 49.7 Å². The lowest BCUT2D eigenvalue weighted by atomic mass is 9.89. The zero-order valence-electron chi connectivity index (χ0n) is 19.2. The van der Waals surface area contributed by atoms with Crippen LogP contribution in [0.1, 0.15) is 52.3 Å². The van der Waals surface area contributed by atoms with Crippen molar-refractivity contribution in [2.45, 2.75) is 63.3 Å². The third kappa shape index (κ3) is 6.62. The highest BCUT2D eigenvalue weighted by Crippen LogP contribution is 2.33. The molecule has 31 heavy (non-hydrogen) atoms. The van der Waals surface area contributed by atoms with Crippen LogP contribution in [0.2, 0.25) is 0 Å². The highest BCUT2D eigenvalue weighted by molar-refractivity contribution is 7.97. The van der Waals surface area contributed by atoms with Gasteiger partial charge >= 0.3 is 0 Å². The Hall–Kier alpha value is -2.23. The maximum absolute atomic E-state index is 10.5. The first-order chi connectivity index (χ1) is 14.9. The largest absolute Gasteiger partial charge is 0.381 e. The molecule has 2 heterocycles. The molecular weight excluding hydrogens is 406 g/mol. The number of ether oxygens (including phenoxy) is 1. The van der Waals surface area contributed by atoms with E-state index in [9.17, 15) is 4.79 Å². The van der Waals surface area contributed by atoms with Crippen LogP contribution in [0, 0.1) is 18.8 Å². The highest BCUT2D eigenvalue weighted by atomic mass is 32.2. The van der Waals surface area contributed by atoms with E-state index in [1.807, 2.05) is 23.6 Å². The van der Waals surface area contributed by atoms with E-state index in [0.717, 1.165) is 55.7 Å². The molecule has 0 radical (unpaired) electrons. The van der Waals surface area contributed by atoms with Crippen molar-refractivity contribution in [2.24, 2.45) is 5.92 Å². The Morgan fingerprint density at radius 2 is 2.03 bits per heavy atom. The van der Waals surface area contributed by atoms with E-state index in [0.29, 0.717) is 12.3 Å². The van der Waals surface area contributed by atoms with Gasteiger partial charge in [0.25, 0.3) is 0 Å². The number of carbonyl (C=O) groups excluding carboxylic acids is 1. The van der Waals surface area contributed by atoms with E-state index in [1.54, 1.807) is 11.9 Å². The van der Waals surface area contributed by atoms with Gasteiger partial charge in [0.1, 0.15) is 12.1 Å². The molecule has 1 fully saturated rings. The van der Waals surface area contributed by atoms with Gasteiger partial charge < -0.3 is 18.4 Å². The summed E-state index contributed by atoms with van der Waals surface area (Å²) in [4.78, 5) is 16.7. The van der Waals surface area contributed by atoms with Gasteiger partial charge in [0.15, 0.2) is 0 Å². The number of aldehydes is 1. The number of imidazole rings is 1. The van der Waals surface area contributed by atoms with Crippen molar-refractivity contribution >= 4 is 29.3 Å². The highest BCUT2D eigenvalue weighted by Gasteiger charge is 2.27.